The van der Waals surface area contributed by atoms with Gasteiger partial charge in [0.2, 0.25) is 0 Å². The first-order chi connectivity index (χ1) is 10.3. The van der Waals surface area contributed by atoms with E-state index in [-0.39, 0.29) is 25.3 Å². The molecule has 136 valence electrons. The molecule has 2 amide bonds. The second-order valence-corrected chi connectivity index (χ2v) is 10.8. The molecule has 1 aromatic rings. The summed E-state index contributed by atoms with van der Waals surface area (Å²) >= 11 is 5.07. The fraction of sp³-hybridized carbons (Fsp3) is 0.286. The molecule has 2 rings (SSSR count). The summed E-state index contributed by atoms with van der Waals surface area (Å²) in [5.41, 5.74) is 0.914. The van der Waals surface area contributed by atoms with Gasteiger partial charge in [-0.2, -0.15) is 0 Å². The molecule has 1 aliphatic heterocycles. The summed E-state index contributed by atoms with van der Waals surface area (Å²) in [7, 11) is 3.77. The highest BCUT2D eigenvalue weighted by atomic mass is 33.1. The molecule has 0 radical (unpaired) electrons. The topological polar surface area (TPSA) is 75.3 Å². The van der Waals surface area contributed by atoms with Gasteiger partial charge in [-0.1, -0.05) is 45.3 Å². The van der Waals surface area contributed by atoms with E-state index in [1.807, 2.05) is 24.3 Å². The second-order valence-electron chi connectivity index (χ2n) is 3.72. The van der Waals surface area contributed by atoms with Gasteiger partial charge in [0, 0.05) is 46.1 Å². The van der Waals surface area contributed by atoms with Gasteiger partial charge in [0.25, 0.3) is 10.5 Å². The molecule has 0 saturated carbocycles. The van der Waals surface area contributed by atoms with Crippen LogP contribution in [-0.4, -0.2) is 38.8 Å². The maximum absolute atomic E-state index is 11.8. The maximum Gasteiger partial charge on any atom is 0.289 e. The number of hydrogen-bond donors (Lipinski definition) is 2. The van der Waals surface area contributed by atoms with Crippen molar-refractivity contribution in [3.8, 4) is 0 Å². The first-order valence-corrected chi connectivity index (χ1v) is 11.4. The van der Waals surface area contributed by atoms with Crippen LogP contribution in [0.3, 0.4) is 0 Å². The van der Waals surface area contributed by atoms with E-state index in [9.17, 15) is 13.8 Å². The number of nitrogens with one attached hydrogen (secondary N) is 2. The molecule has 1 aliphatic rings. The van der Waals surface area contributed by atoms with Crippen molar-refractivity contribution in [2.45, 2.75) is 19.7 Å². The largest absolute Gasteiger partial charge is 0.349 e. The Bertz CT molecular complexity index is 673. The number of hydrogen-bond acceptors (Lipinski definition) is 7. The van der Waals surface area contributed by atoms with Crippen molar-refractivity contribution in [1.29, 1.82) is 0 Å². The SMILES string of the molecule is C.C.C=S1(=O)SC(=S)c2ccccc21.CNC(=O)SSC(=O)NC. The summed E-state index contributed by atoms with van der Waals surface area (Å²) in [6.07, 6.45) is 0. The fourth-order valence-electron chi connectivity index (χ4n) is 1.28. The number of amides is 2. The average molecular weight is 427 g/mol. The molecule has 10 heteroatoms. The second kappa shape index (κ2) is 11.8. The monoisotopic (exact) mass is 426 g/mol. The molecule has 0 fully saturated rings. The molecule has 0 bridgehead atoms. The zero-order valence-corrected chi connectivity index (χ0v) is 15.9. The normalized spacial score (nSPS) is 17.2. The molecule has 1 unspecified atom stereocenters. The quantitative estimate of drug-likeness (QED) is 0.470. The Balaban J connectivity index is 0. The third kappa shape index (κ3) is 7.47. The number of thiocarbonyl (C=S) groups is 1. The third-order valence-corrected chi connectivity index (χ3v) is 8.51. The molecule has 0 saturated heterocycles. The third-order valence-electron chi connectivity index (χ3n) is 2.25. The standard InChI is InChI=1S/C8H6OS3.C4H8N2O2S2.2CH4/c1-12(9)7-5-3-2-4-6(7)8(10)11-12;1-5-3(7)9-10-4(8)6-2;;/h2-5H,1H2;1-2H3,(H,5,7)(H,6,8);2*1H4. The predicted molar refractivity (Wildman–Crippen MR) is 117 cm³/mol. The van der Waals surface area contributed by atoms with E-state index in [1.54, 1.807) is 0 Å². The Morgan fingerprint density at radius 1 is 1.12 bits per heavy atom. The Kier molecular flexibility index (Phi) is 12.6. The fourth-order valence-corrected chi connectivity index (χ4v) is 6.95. The first-order valence-electron chi connectivity index (χ1n) is 5.79. The molecule has 0 spiro atoms. The van der Waals surface area contributed by atoms with Crippen molar-refractivity contribution in [3.63, 3.8) is 0 Å². The van der Waals surface area contributed by atoms with E-state index < -0.39 is 8.55 Å². The summed E-state index contributed by atoms with van der Waals surface area (Å²) in [6.45, 7) is 0. The Hall–Kier alpha value is -0.680. The van der Waals surface area contributed by atoms with Crippen molar-refractivity contribution in [2.24, 2.45) is 0 Å². The average Bonchev–Trinajstić information content (AvgIpc) is 2.75. The van der Waals surface area contributed by atoms with E-state index in [0.717, 1.165) is 32.0 Å². The highest BCUT2D eigenvalue weighted by molar-refractivity contribution is 8.87. The molecule has 24 heavy (non-hydrogen) atoms. The molecule has 1 aromatic carbocycles. The Labute approximate surface area is 161 Å². The van der Waals surface area contributed by atoms with Gasteiger partial charge >= 0.3 is 0 Å². The van der Waals surface area contributed by atoms with Crippen molar-refractivity contribution in [3.05, 3.63) is 29.8 Å². The molecule has 1 atom stereocenters. The van der Waals surface area contributed by atoms with Crippen LogP contribution in [0.25, 0.3) is 0 Å². The van der Waals surface area contributed by atoms with Gasteiger partial charge in [-0.05, 0) is 22.7 Å². The van der Waals surface area contributed by atoms with Crippen LogP contribution >= 0.6 is 44.6 Å². The van der Waals surface area contributed by atoms with Gasteiger partial charge in [0.15, 0.2) is 0 Å². The van der Waals surface area contributed by atoms with Crippen LogP contribution in [0.5, 0.6) is 0 Å². The van der Waals surface area contributed by atoms with E-state index in [2.05, 4.69) is 16.5 Å². The number of rotatable bonds is 0. The molecule has 0 aromatic heterocycles. The van der Waals surface area contributed by atoms with Crippen LogP contribution in [0.1, 0.15) is 20.4 Å². The van der Waals surface area contributed by atoms with Gasteiger partial charge in [-0.3, -0.25) is 13.8 Å². The molecule has 2 N–H and O–H groups in total. The summed E-state index contributed by atoms with van der Waals surface area (Å²) in [5, 5.41) is 4.28. The van der Waals surface area contributed by atoms with E-state index >= 15 is 0 Å². The molecular formula is C14H22N2O3S5. The van der Waals surface area contributed by atoms with Crippen molar-refractivity contribution in [2.75, 3.05) is 14.1 Å². The van der Waals surface area contributed by atoms with E-state index in [0.29, 0.717) is 4.20 Å². The minimum absolute atomic E-state index is 0. The van der Waals surface area contributed by atoms with Crippen LogP contribution < -0.4 is 10.6 Å². The predicted octanol–water partition coefficient (Wildman–Crippen LogP) is 4.42. The van der Waals surface area contributed by atoms with E-state index in [4.69, 9.17) is 12.2 Å². The highest BCUT2D eigenvalue weighted by Gasteiger charge is 2.25. The minimum Gasteiger partial charge on any atom is -0.349 e. The number of benzene rings is 1. The van der Waals surface area contributed by atoms with Crippen LogP contribution in [0.4, 0.5) is 9.59 Å². The van der Waals surface area contributed by atoms with Crippen LogP contribution in [0.15, 0.2) is 29.2 Å². The smallest absolute Gasteiger partial charge is 0.289 e. The van der Waals surface area contributed by atoms with Crippen molar-refractivity contribution >= 4 is 73.7 Å². The summed E-state index contributed by atoms with van der Waals surface area (Å²) in [6, 6.07) is 7.48. The maximum atomic E-state index is 11.8. The Morgan fingerprint density at radius 2 is 1.58 bits per heavy atom. The van der Waals surface area contributed by atoms with Gasteiger partial charge in [-0.25, -0.2) is 0 Å². The first kappa shape index (κ1) is 25.6. The van der Waals surface area contributed by atoms with Crippen LogP contribution in [0, 0.1) is 0 Å². The number of carbonyl (C=O) groups is 2. The molecule has 5 nitrogen and oxygen atoms in total. The lowest BCUT2D eigenvalue weighted by Crippen LogP contribution is -2.13. The highest BCUT2D eigenvalue weighted by Crippen LogP contribution is 2.38. The van der Waals surface area contributed by atoms with Gasteiger partial charge in [0.05, 0.1) is 12.8 Å². The number of fused-ring (bicyclic) bond motifs is 1. The summed E-state index contributed by atoms with van der Waals surface area (Å²) < 4.78 is 12.5. The lowest BCUT2D eigenvalue weighted by atomic mass is 10.2. The van der Waals surface area contributed by atoms with Crippen LogP contribution in [-0.2, 0) is 8.55 Å². The molecule has 0 aliphatic carbocycles. The van der Waals surface area contributed by atoms with Gasteiger partial charge in [0.1, 0.15) is 0 Å². The van der Waals surface area contributed by atoms with E-state index in [1.165, 1.54) is 24.9 Å². The summed E-state index contributed by atoms with van der Waals surface area (Å²) in [5.74, 6) is 3.66. The zero-order valence-electron chi connectivity index (χ0n) is 11.8. The zero-order chi connectivity index (χ0) is 16.8. The van der Waals surface area contributed by atoms with Crippen LogP contribution in [0.2, 0.25) is 0 Å². The Morgan fingerprint density at radius 3 is 2.00 bits per heavy atom. The van der Waals surface area contributed by atoms with Crippen molar-refractivity contribution in [1.82, 2.24) is 10.6 Å². The lowest BCUT2D eigenvalue weighted by Gasteiger charge is -1.96. The number of carbonyl (C=O) groups excluding carboxylic acids is 2. The lowest BCUT2D eigenvalue weighted by molar-refractivity contribution is 0.261. The minimum atomic E-state index is -2.18. The summed E-state index contributed by atoms with van der Waals surface area (Å²) in [4.78, 5) is 21.8. The molecule has 1 heterocycles. The van der Waals surface area contributed by atoms with Crippen molar-refractivity contribution < 1.29 is 13.8 Å². The molecular weight excluding hydrogens is 405 g/mol. The van der Waals surface area contributed by atoms with Gasteiger partial charge in [-0.15, -0.1) is 0 Å². The van der Waals surface area contributed by atoms with Gasteiger partial charge < -0.3 is 10.6 Å².